The number of hydrogen-bond donors (Lipinski definition) is 1. The highest BCUT2D eigenvalue weighted by Gasteiger charge is 2.32. The van der Waals surface area contributed by atoms with Crippen molar-refractivity contribution in [2.75, 3.05) is 13.2 Å². The molecule has 0 saturated carbocycles. The van der Waals surface area contributed by atoms with E-state index in [1.165, 1.54) is 0 Å². The van der Waals surface area contributed by atoms with Crippen molar-refractivity contribution >= 4 is 0 Å². The van der Waals surface area contributed by atoms with Crippen LogP contribution in [0.1, 0.15) is 61.3 Å². The molecule has 0 aromatic rings. The Kier molecular flexibility index (Phi) is 6.90. The van der Waals surface area contributed by atoms with Gasteiger partial charge in [0, 0.05) is 31.0 Å². The molecule has 0 saturated heterocycles. The maximum Gasteiger partial charge on any atom is 0.250 e. The first kappa shape index (κ1) is 18.8. The fourth-order valence-electron chi connectivity index (χ4n) is 1.47. The van der Waals surface area contributed by atoms with Crippen molar-refractivity contribution in [1.29, 1.82) is 0 Å². The topological polar surface area (TPSA) is 21.3 Å². The van der Waals surface area contributed by atoms with Crippen LogP contribution in [0.15, 0.2) is 0 Å². The third kappa shape index (κ3) is 9.33. The van der Waals surface area contributed by atoms with Crippen molar-refractivity contribution in [3.63, 3.8) is 0 Å². The first-order chi connectivity index (χ1) is 8.36. The summed E-state index contributed by atoms with van der Waals surface area (Å²) in [6.07, 6.45) is 0.289. The van der Waals surface area contributed by atoms with Crippen LogP contribution in [0.25, 0.3) is 0 Å². The predicted octanol–water partition coefficient (Wildman–Crippen LogP) is 4.24. The molecule has 2 nitrogen and oxygen atoms in total. The number of hydrogen-bond acceptors (Lipinski definition) is 2. The van der Waals surface area contributed by atoms with Gasteiger partial charge in [0.2, 0.25) is 0 Å². The van der Waals surface area contributed by atoms with Gasteiger partial charge < -0.3 is 10.1 Å². The zero-order valence-electron chi connectivity index (χ0n) is 13.6. The van der Waals surface area contributed by atoms with Crippen molar-refractivity contribution in [2.24, 2.45) is 5.92 Å². The van der Waals surface area contributed by atoms with Gasteiger partial charge in [-0.05, 0) is 41.0 Å². The maximum atomic E-state index is 13.4. The largest absolute Gasteiger partial charge is 0.374 e. The third-order valence-corrected chi connectivity index (χ3v) is 3.04. The first-order valence-corrected chi connectivity index (χ1v) is 7.12. The molecule has 0 rings (SSSR count). The Hall–Kier alpha value is -0.220. The molecule has 0 bridgehead atoms. The van der Waals surface area contributed by atoms with Gasteiger partial charge in [0.15, 0.2) is 0 Å². The third-order valence-electron chi connectivity index (χ3n) is 3.04. The highest BCUT2D eigenvalue weighted by atomic mass is 19.3. The van der Waals surface area contributed by atoms with Crippen LogP contribution in [-0.4, -0.2) is 30.2 Å². The summed E-state index contributed by atoms with van der Waals surface area (Å²) < 4.78 is 32.5. The summed E-state index contributed by atoms with van der Waals surface area (Å²) in [5.41, 5.74) is -0.300. The number of halogens is 2. The molecule has 0 aliphatic carbocycles. The second-order valence-corrected chi connectivity index (χ2v) is 7.23. The molecule has 0 amide bonds. The van der Waals surface area contributed by atoms with Crippen LogP contribution in [0.2, 0.25) is 0 Å². The minimum atomic E-state index is -2.59. The second-order valence-electron chi connectivity index (χ2n) is 7.23. The van der Waals surface area contributed by atoms with Gasteiger partial charge in [0.05, 0.1) is 5.60 Å². The predicted molar refractivity (Wildman–Crippen MR) is 76.8 cm³/mol. The first-order valence-electron chi connectivity index (χ1n) is 7.12. The van der Waals surface area contributed by atoms with Crippen molar-refractivity contribution in [3.8, 4) is 0 Å². The van der Waals surface area contributed by atoms with E-state index < -0.39 is 11.8 Å². The van der Waals surface area contributed by atoms with Crippen molar-refractivity contribution in [3.05, 3.63) is 0 Å². The molecular weight excluding hydrogens is 248 g/mol. The van der Waals surface area contributed by atoms with E-state index in [1.54, 1.807) is 13.8 Å². The molecule has 0 unspecified atom stereocenters. The molecule has 0 aliphatic heterocycles. The van der Waals surface area contributed by atoms with Crippen LogP contribution in [0.3, 0.4) is 0 Å². The highest BCUT2D eigenvalue weighted by Crippen LogP contribution is 2.29. The zero-order chi connectivity index (χ0) is 15.3. The lowest BCUT2D eigenvalue weighted by Gasteiger charge is -2.31. The van der Waals surface area contributed by atoms with Gasteiger partial charge in [-0.3, -0.25) is 0 Å². The Morgan fingerprint density at radius 3 is 2.00 bits per heavy atom. The summed E-state index contributed by atoms with van der Waals surface area (Å²) in [6.45, 7) is 14.4. The molecule has 0 radical (unpaired) electrons. The molecule has 19 heavy (non-hydrogen) atoms. The van der Waals surface area contributed by atoms with E-state index in [4.69, 9.17) is 4.74 Å². The van der Waals surface area contributed by atoms with E-state index in [2.05, 4.69) is 26.1 Å². The fourth-order valence-corrected chi connectivity index (χ4v) is 1.47. The summed E-state index contributed by atoms with van der Waals surface area (Å²) in [5.74, 6) is -3.19. The molecule has 116 valence electrons. The lowest BCUT2D eigenvalue weighted by Crippen LogP contribution is -2.46. The second kappa shape index (κ2) is 6.98. The lowest BCUT2D eigenvalue weighted by atomic mass is 10.0. The van der Waals surface area contributed by atoms with Gasteiger partial charge in [-0.25, -0.2) is 8.78 Å². The van der Waals surface area contributed by atoms with Gasteiger partial charge in [-0.15, -0.1) is 0 Å². The maximum absolute atomic E-state index is 13.4. The van der Waals surface area contributed by atoms with Gasteiger partial charge in [0.1, 0.15) is 0 Å². The molecule has 1 N–H and O–H groups in total. The Morgan fingerprint density at radius 2 is 1.58 bits per heavy atom. The smallest absolute Gasteiger partial charge is 0.250 e. The monoisotopic (exact) mass is 279 g/mol. The van der Waals surface area contributed by atoms with Crippen LogP contribution in [0, 0.1) is 5.92 Å². The molecule has 0 heterocycles. The van der Waals surface area contributed by atoms with Crippen LogP contribution in [0.4, 0.5) is 8.78 Å². The summed E-state index contributed by atoms with van der Waals surface area (Å²) >= 11 is 0. The fraction of sp³-hybridized carbons (Fsp3) is 1.00. The van der Waals surface area contributed by atoms with E-state index in [0.29, 0.717) is 19.6 Å². The van der Waals surface area contributed by atoms with Gasteiger partial charge in [-0.1, -0.05) is 13.8 Å². The van der Waals surface area contributed by atoms with E-state index in [-0.39, 0.29) is 17.6 Å². The molecule has 0 aromatic carbocycles. The number of alkyl halides is 2. The molecule has 0 spiro atoms. The Labute approximate surface area is 117 Å². The van der Waals surface area contributed by atoms with E-state index >= 15 is 0 Å². The molecule has 0 aromatic heterocycles. The van der Waals surface area contributed by atoms with E-state index in [1.807, 2.05) is 13.8 Å². The number of rotatable bonds is 8. The Morgan fingerprint density at radius 1 is 1.05 bits per heavy atom. The van der Waals surface area contributed by atoms with Crippen LogP contribution in [-0.2, 0) is 4.74 Å². The van der Waals surface area contributed by atoms with Gasteiger partial charge in [0.25, 0.3) is 5.92 Å². The van der Waals surface area contributed by atoms with Crippen molar-refractivity contribution in [2.45, 2.75) is 78.4 Å². The van der Waals surface area contributed by atoms with E-state index in [0.717, 1.165) is 0 Å². The summed E-state index contributed by atoms with van der Waals surface area (Å²) in [5, 5.41) is 3.36. The zero-order valence-corrected chi connectivity index (χ0v) is 13.6. The minimum Gasteiger partial charge on any atom is -0.374 e. The average molecular weight is 279 g/mol. The van der Waals surface area contributed by atoms with Crippen molar-refractivity contribution < 1.29 is 13.5 Å². The van der Waals surface area contributed by atoms with Gasteiger partial charge in [-0.2, -0.15) is 0 Å². The molecule has 4 heteroatoms. The van der Waals surface area contributed by atoms with E-state index in [9.17, 15) is 8.78 Å². The quantitative estimate of drug-likeness (QED) is 0.671. The number of ether oxygens (including phenoxy) is 1. The summed E-state index contributed by atoms with van der Waals surface area (Å²) in [6, 6.07) is 0. The average Bonchev–Trinajstić information content (AvgIpc) is 2.21. The molecule has 0 aliphatic rings. The van der Waals surface area contributed by atoms with Crippen LogP contribution in [0.5, 0.6) is 0 Å². The summed E-state index contributed by atoms with van der Waals surface area (Å²) in [7, 11) is 0. The molecule has 0 atom stereocenters. The van der Waals surface area contributed by atoms with Crippen molar-refractivity contribution in [1.82, 2.24) is 5.32 Å². The molecular formula is C15H31F2NO. The molecule has 0 fully saturated rings. The highest BCUT2D eigenvalue weighted by molar-refractivity contribution is 4.79. The normalized spacial score (nSPS) is 14.2. The SMILES string of the molecule is CC(C)C(F)(F)CCCOC(C)(C)CNC(C)(C)C. The Bertz CT molecular complexity index is 257. The number of nitrogens with one attached hydrogen (secondary N) is 1. The minimum absolute atomic E-state index is 0.0330. The van der Waals surface area contributed by atoms with Crippen LogP contribution >= 0.6 is 0 Å². The lowest BCUT2D eigenvalue weighted by molar-refractivity contribution is -0.0704. The standard InChI is InChI=1S/C15H31F2NO/c1-12(2)15(16,17)9-8-10-19-14(6,7)11-18-13(3,4)5/h12,18H,8-11H2,1-7H3. The summed E-state index contributed by atoms with van der Waals surface area (Å²) in [4.78, 5) is 0. The van der Waals surface area contributed by atoms with Crippen LogP contribution < -0.4 is 5.32 Å². The van der Waals surface area contributed by atoms with Gasteiger partial charge >= 0.3 is 0 Å². The Balaban J connectivity index is 3.93.